The van der Waals surface area contributed by atoms with Crippen LogP contribution in [0.4, 0.5) is 17.1 Å². The fourth-order valence-electron chi connectivity index (χ4n) is 8.74. The lowest BCUT2D eigenvalue weighted by atomic mass is 10.0. The summed E-state index contributed by atoms with van der Waals surface area (Å²) < 4.78 is 7.74. The van der Waals surface area contributed by atoms with Crippen LogP contribution in [0, 0.1) is 0 Å². The average Bonchev–Trinajstić information content (AvgIpc) is 3.93. The van der Waals surface area contributed by atoms with Gasteiger partial charge in [0.05, 0.1) is 11.0 Å². The maximum Gasteiger partial charge on any atom is 0.0555 e. The summed E-state index contributed by atoms with van der Waals surface area (Å²) in [5.41, 5.74) is 9.40. The van der Waals surface area contributed by atoms with Crippen molar-refractivity contribution in [3.8, 4) is 16.8 Å². The number of fused-ring (bicyclic) bond motifs is 11. The lowest BCUT2D eigenvalue weighted by molar-refractivity contribution is 1.18. The Hall–Kier alpha value is -6.72. The zero-order chi connectivity index (χ0) is 36.7. The molecule has 0 aliphatic heterocycles. The summed E-state index contributed by atoms with van der Waals surface area (Å²) in [4.78, 5) is 2.40. The zero-order valence-corrected chi connectivity index (χ0v) is 31.8. The Bertz CT molecular complexity index is 3480. The van der Waals surface area contributed by atoms with E-state index in [1.807, 2.05) is 22.7 Å². The van der Waals surface area contributed by atoms with Crippen molar-refractivity contribution < 1.29 is 0 Å². The molecule has 0 saturated carbocycles. The molecule has 12 aromatic rings. The van der Waals surface area contributed by atoms with E-state index in [0.29, 0.717) is 0 Å². The quantitative estimate of drug-likeness (QED) is 0.170. The van der Waals surface area contributed by atoms with Crippen molar-refractivity contribution in [3.05, 3.63) is 194 Å². The summed E-state index contributed by atoms with van der Waals surface area (Å²) in [6.07, 6.45) is 0. The first-order valence-electron chi connectivity index (χ1n) is 19.0. The van der Waals surface area contributed by atoms with Gasteiger partial charge in [0, 0.05) is 73.9 Å². The fraction of sp³-hybridized carbons (Fsp3) is 0. The molecule has 4 heteroatoms. The number of benzene rings is 9. The van der Waals surface area contributed by atoms with Crippen molar-refractivity contribution in [3.63, 3.8) is 0 Å². The van der Waals surface area contributed by atoms with E-state index in [2.05, 4.69) is 204 Å². The van der Waals surface area contributed by atoms with Gasteiger partial charge in [0.2, 0.25) is 0 Å². The van der Waals surface area contributed by atoms with E-state index >= 15 is 0 Å². The molecule has 56 heavy (non-hydrogen) atoms. The lowest BCUT2D eigenvalue weighted by Gasteiger charge is -2.26. The zero-order valence-electron chi connectivity index (χ0n) is 30.2. The third kappa shape index (κ3) is 4.86. The minimum absolute atomic E-state index is 1.12. The maximum atomic E-state index is 2.44. The SMILES string of the molecule is c1ccc(-n2c3cc(-c4ccc(N(c5ccc6ccccc6c5)c5ccc6sc7ccccc7c6c5)cc4)ccc3c3c4sc5ccccc5c4ccc32)cc1. The number of anilines is 3. The molecule has 0 fully saturated rings. The predicted octanol–water partition coefficient (Wildman–Crippen LogP) is 15.8. The van der Waals surface area contributed by atoms with Gasteiger partial charge in [-0.2, -0.15) is 0 Å². The van der Waals surface area contributed by atoms with Gasteiger partial charge in [0.25, 0.3) is 0 Å². The van der Waals surface area contributed by atoms with E-state index in [1.165, 1.54) is 89.7 Å². The van der Waals surface area contributed by atoms with E-state index < -0.39 is 0 Å². The van der Waals surface area contributed by atoms with Gasteiger partial charge in [0.15, 0.2) is 0 Å². The first kappa shape index (κ1) is 31.6. The third-order valence-electron chi connectivity index (χ3n) is 11.4. The first-order valence-corrected chi connectivity index (χ1v) is 20.6. The summed E-state index contributed by atoms with van der Waals surface area (Å²) in [7, 11) is 0. The van der Waals surface area contributed by atoms with Crippen LogP contribution in [0.5, 0.6) is 0 Å². The molecule has 0 aliphatic rings. The molecule has 0 amide bonds. The summed E-state index contributed by atoms with van der Waals surface area (Å²) in [5, 5.41) is 10.3. The normalized spacial score (nSPS) is 11.9. The van der Waals surface area contributed by atoms with Gasteiger partial charge in [-0.25, -0.2) is 0 Å². The number of aromatic nitrogens is 1. The smallest absolute Gasteiger partial charge is 0.0555 e. The molecule has 9 aromatic carbocycles. The summed E-state index contributed by atoms with van der Waals surface area (Å²) in [5.74, 6) is 0. The summed E-state index contributed by atoms with van der Waals surface area (Å²) >= 11 is 3.76. The second-order valence-electron chi connectivity index (χ2n) is 14.5. The highest BCUT2D eigenvalue weighted by atomic mass is 32.1. The molecule has 12 rings (SSSR count). The van der Waals surface area contributed by atoms with Crippen LogP contribution in [0.1, 0.15) is 0 Å². The third-order valence-corrected chi connectivity index (χ3v) is 13.7. The van der Waals surface area contributed by atoms with Crippen LogP contribution >= 0.6 is 22.7 Å². The molecular weight excluding hydrogens is 717 g/mol. The van der Waals surface area contributed by atoms with Gasteiger partial charge in [-0.1, -0.05) is 115 Å². The number of hydrogen-bond acceptors (Lipinski definition) is 3. The molecule has 3 aromatic heterocycles. The lowest BCUT2D eigenvalue weighted by Crippen LogP contribution is -2.09. The number of rotatable bonds is 5. The highest BCUT2D eigenvalue weighted by molar-refractivity contribution is 7.27. The van der Waals surface area contributed by atoms with Crippen molar-refractivity contribution >= 4 is 113 Å². The second-order valence-corrected chi connectivity index (χ2v) is 16.7. The van der Waals surface area contributed by atoms with Crippen molar-refractivity contribution in [1.29, 1.82) is 0 Å². The van der Waals surface area contributed by atoms with Crippen LogP contribution in [0.3, 0.4) is 0 Å². The predicted molar refractivity (Wildman–Crippen MR) is 244 cm³/mol. The highest BCUT2D eigenvalue weighted by Crippen LogP contribution is 2.45. The molecule has 262 valence electrons. The Morgan fingerprint density at radius 1 is 0.357 bits per heavy atom. The van der Waals surface area contributed by atoms with Crippen LogP contribution < -0.4 is 4.90 Å². The molecule has 0 radical (unpaired) electrons. The Balaban J connectivity index is 1.02. The largest absolute Gasteiger partial charge is 0.310 e. The number of hydrogen-bond donors (Lipinski definition) is 0. The van der Waals surface area contributed by atoms with Crippen molar-refractivity contribution in [2.45, 2.75) is 0 Å². The first-order chi connectivity index (χ1) is 27.7. The molecule has 0 bridgehead atoms. The van der Waals surface area contributed by atoms with E-state index in [4.69, 9.17) is 0 Å². The van der Waals surface area contributed by atoms with Crippen molar-refractivity contribution in [2.24, 2.45) is 0 Å². The number of para-hydroxylation sites is 1. The minimum atomic E-state index is 1.12. The molecule has 0 atom stereocenters. The second kappa shape index (κ2) is 12.4. The monoisotopic (exact) mass is 748 g/mol. The summed E-state index contributed by atoms with van der Waals surface area (Å²) in [6.45, 7) is 0. The molecule has 2 nitrogen and oxygen atoms in total. The van der Waals surface area contributed by atoms with Gasteiger partial charge in [-0.3, -0.25) is 0 Å². The Labute approximate surface area is 331 Å². The number of nitrogens with zero attached hydrogens (tertiary/aromatic N) is 2. The topological polar surface area (TPSA) is 8.17 Å². The van der Waals surface area contributed by atoms with Gasteiger partial charge in [0.1, 0.15) is 0 Å². The Morgan fingerprint density at radius 3 is 1.82 bits per heavy atom. The molecule has 0 aliphatic carbocycles. The van der Waals surface area contributed by atoms with E-state index in [9.17, 15) is 0 Å². The van der Waals surface area contributed by atoms with Crippen LogP contribution in [-0.4, -0.2) is 4.57 Å². The van der Waals surface area contributed by atoms with Crippen LogP contribution in [-0.2, 0) is 0 Å². The highest BCUT2D eigenvalue weighted by Gasteiger charge is 2.19. The van der Waals surface area contributed by atoms with Crippen molar-refractivity contribution in [2.75, 3.05) is 4.90 Å². The van der Waals surface area contributed by atoms with E-state index in [-0.39, 0.29) is 0 Å². The summed E-state index contributed by atoms with van der Waals surface area (Å²) in [6, 6.07) is 71.4. The number of thiophene rings is 2. The molecule has 3 heterocycles. The average molecular weight is 749 g/mol. The molecule has 0 spiro atoms. The van der Waals surface area contributed by atoms with E-state index in [1.54, 1.807) is 0 Å². The molecule has 0 unspecified atom stereocenters. The Morgan fingerprint density at radius 2 is 0.982 bits per heavy atom. The molecule has 0 saturated heterocycles. The standard InChI is InChI=1S/C52H32N2S2/c1-2-12-37(13-3-1)54-46-28-27-43-41-14-6-9-17-49(41)56-52(43)51(46)44-26-21-36(31-47(44)54)34-18-22-38(23-19-34)53(39-24-20-33-10-4-5-11-35(33)30-39)40-25-29-50-45(32-40)42-15-7-8-16-48(42)55-50/h1-32H. The maximum absolute atomic E-state index is 2.44. The van der Waals surface area contributed by atoms with Gasteiger partial charge < -0.3 is 9.47 Å². The van der Waals surface area contributed by atoms with Gasteiger partial charge in [-0.15, -0.1) is 22.7 Å². The molecular formula is C52H32N2S2. The van der Waals surface area contributed by atoms with Crippen LogP contribution in [0.2, 0.25) is 0 Å². The van der Waals surface area contributed by atoms with Crippen LogP contribution in [0.25, 0.3) is 89.7 Å². The minimum Gasteiger partial charge on any atom is -0.310 e. The van der Waals surface area contributed by atoms with Gasteiger partial charge >= 0.3 is 0 Å². The van der Waals surface area contributed by atoms with Crippen LogP contribution in [0.15, 0.2) is 194 Å². The Kier molecular flexibility index (Phi) is 7.00. The van der Waals surface area contributed by atoms with Crippen molar-refractivity contribution in [1.82, 2.24) is 4.57 Å². The van der Waals surface area contributed by atoms with Gasteiger partial charge in [-0.05, 0) is 101 Å². The van der Waals surface area contributed by atoms with E-state index in [0.717, 1.165) is 17.1 Å². The fourth-order valence-corrected chi connectivity index (χ4v) is 11.1. The molecule has 0 N–H and O–H groups in total.